The Morgan fingerprint density at radius 2 is 1.88 bits per heavy atom. The Labute approximate surface area is 153 Å². The van der Waals surface area contributed by atoms with E-state index in [4.69, 9.17) is 9.47 Å². The second kappa shape index (κ2) is 9.25. The number of aliphatic hydroxyl groups excluding tert-OH is 1. The van der Waals surface area contributed by atoms with E-state index in [2.05, 4.69) is 46.5 Å². The lowest BCUT2D eigenvalue weighted by atomic mass is 9.82. The SMILES string of the molecule is C=CCc1ccc(OC[C@H](O)C[NH2+]C(C)(C)CC(C)(C)C)c(OC)c1. The number of rotatable bonds is 10. The van der Waals surface area contributed by atoms with Crippen molar-refractivity contribution < 1.29 is 19.9 Å². The van der Waals surface area contributed by atoms with E-state index < -0.39 is 6.10 Å². The molecule has 0 aromatic heterocycles. The van der Waals surface area contributed by atoms with Crippen LogP contribution in [0.3, 0.4) is 0 Å². The predicted molar refractivity (Wildman–Crippen MR) is 103 cm³/mol. The van der Waals surface area contributed by atoms with Gasteiger partial charge in [-0.15, -0.1) is 6.58 Å². The Hall–Kier alpha value is -1.52. The maximum atomic E-state index is 10.3. The van der Waals surface area contributed by atoms with Crippen LogP contribution in [-0.4, -0.2) is 37.0 Å². The summed E-state index contributed by atoms with van der Waals surface area (Å²) in [7, 11) is 1.62. The number of ether oxygens (including phenoxy) is 2. The van der Waals surface area contributed by atoms with Crippen LogP contribution in [0.4, 0.5) is 0 Å². The molecule has 4 nitrogen and oxygen atoms in total. The molecule has 0 spiro atoms. The standard InChI is InChI=1S/C21H35NO3/c1-8-9-16-10-11-18(19(12-16)24-7)25-14-17(23)13-22-21(5,6)15-20(2,3)4/h8,10-12,17,22-23H,1,9,13-15H2,2-7H3/p+1/t17-/m1/s1. The van der Waals surface area contributed by atoms with Crippen LogP contribution in [0.1, 0.15) is 46.6 Å². The first-order valence-corrected chi connectivity index (χ1v) is 8.99. The highest BCUT2D eigenvalue weighted by Gasteiger charge is 2.29. The summed E-state index contributed by atoms with van der Waals surface area (Å²) >= 11 is 0. The van der Waals surface area contributed by atoms with Gasteiger partial charge in [-0.1, -0.05) is 32.9 Å². The molecule has 0 radical (unpaired) electrons. The Balaban J connectivity index is 2.53. The molecule has 4 heteroatoms. The molecular formula is C21H36NO3+. The van der Waals surface area contributed by atoms with Crippen molar-refractivity contribution in [2.45, 2.75) is 59.1 Å². The van der Waals surface area contributed by atoms with Crippen LogP contribution in [-0.2, 0) is 6.42 Å². The number of quaternary nitrogens is 1. The van der Waals surface area contributed by atoms with E-state index in [-0.39, 0.29) is 17.6 Å². The van der Waals surface area contributed by atoms with Gasteiger partial charge < -0.3 is 19.9 Å². The quantitative estimate of drug-likeness (QED) is 0.638. The molecule has 0 fully saturated rings. The van der Waals surface area contributed by atoms with Gasteiger partial charge >= 0.3 is 0 Å². The lowest BCUT2D eigenvalue weighted by Crippen LogP contribution is -2.97. The van der Waals surface area contributed by atoms with Gasteiger partial charge in [-0.3, -0.25) is 0 Å². The van der Waals surface area contributed by atoms with E-state index in [9.17, 15) is 5.11 Å². The largest absolute Gasteiger partial charge is 0.493 e. The van der Waals surface area contributed by atoms with Crippen LogP contribution in [0.15, 0.2) is 30.9 Å². The maximum Gasteiger partial charge on any atom is 0.161 e. The molecule has 1 atom stereocenters. The Bertz CT molecular complexity index is 547. The Morgan fingerprint density at radius 1 is 1.20 bits per heavy atom. The molecule has 1 aromatic carbocycles. The lowest BCUT2D eigenvalue weighted by Gasteiger charge is -2.31. The van der Waals surface area contributed by atoms with Crippen LogP contribution in [0.5, 0.6) is 11.5 Å². The van der Waals surface area contributed by atoms with Crippen molar-refractivity contribution in [1.29, 1.82) is 0 Å². The minimum Gasteiger partial charge on any atom is -0.493 e. The van der Waals surface area contributed by atoms with Gasteiger partial charge in [0.2, 0.25) is 0 Å². The van der Waals surface area contributed by atoms with E-state index in [1.54, 1.807) is 7.11 Å². The van der Waals surface area contributed by atoms with Gasteiger partial charge in [0.05, 0.1) is 12.6 Å². The number of benzene rings is 1. The van der Waals surface area contributed by atoms with Crippen molar-refractivity contribution in [3.05, 3.63) is 36.4 Å². The summed E-state index contributed by atoms with van der Waals surface area (Å²) in [4.78, 5) is 0. The molecule has 1 rings (SSSR count). The monoisotopic (exact) mass is 350 g/mol. The second-order valence-electron chi connectivity index (χ2n) is 8.61. The van der Waals surface area contributed by atoms with Crippen molar-refractivity contribution >= 4 is 0 Å². The molecule has 0 heterocycles. The fourth-order valence-corrected chi connectivity index (χ4v) is 3.27. The predicted octanol–water partition coefficient (Wildman–Crippen LogP) is 2.94. The average Bonchev–Trinajstić information content (AvgIpc) is 2.49. The van der Waals surface area contributed by atoms with E-state index in [1.807, 2.05) is 24.3 Å². The zero-order chi connectivity index (χ0) is 19.1. The molecule has 1 aromatic rings. The number of methoxy groups -OCH3 is 1. The minimum absolute atomic E-state index is 0.0866. The molecule has 3 N–H and O–H groups in total. The fourth-order valence-electron chi connectivity index (χ4n) is 3.27. The van der Waals surface area contributed by atoms with Crippen LogP contribution < -0.4 is 14.8 Å². The smallest absolute Gasteiger partial charge is 0.161 e. The van der Waals surface area contributed by atoms with Crippen molar-refractivity contribution in [3.8, 4) is 11.5 Å². The van der Waals surface area contributed by atoms with Gasteiger partial charge in [0.1, 0.15) is 19.3 Å². The zero-order valence-corrected chi connectivity index (χ0v) is 16.8. The van der Waals surface area contributed by atoms with E-state index in [1.165, 1.54) is 0 Å². The fraction of sp³-hybridized carbons (Fsp3) is 0.619. The number of aliphatic hydroxyl groups is 1. The van der Waals surface area contributed by atoms with Crippen molar-refractivity contribution in [1.82, 2.24) is 0 Å². The van der Waals surface area contributed by atoms with Gasteiger partial charge in [-0.25, -0.2) is 0 Å². The average molecular weight is 351 g/mol. The van der Waals surface area contributed by atoms with E-state index in [0.717, 1.165) is 18.4 Å². The number of allylic oxidation sites excluding steroid dienone is 1. The molecule has 142 valence electrons. The molecule has 0 amide bonds. The Morgan fingerprint density at radius 3 is 2.44 bits per heavy atom. The van der Waals surface area contributed by atoms with Crippen molar-refractivity contribution in [2.75, 3.05) is 20.3 Å². The van der Waals surface area contributed by atoms with Gasteiger partial charge in [0.15, 0.2) is 11.5 Å². The van der Waals surface area contributed by atoms with Crippen LogP contribution >= 0.6 is 0 Å². The number of hydrogen-bond acceptors (Lipinski definition) is 3. The third kappa shape index (κ3) is 8.41. The third-order valence-electron chi connectivity index (χ3n) is 3.97. The highest BCUT2D eigenvalue weighted by atomic mass is 16.5. The molecule has 0 aliphatic heterocycles. The van der Waals surface area contributed by atoms with Crippen molar-refractivity contribution in [2.24, 2.45) is 5.41 Å². The van der Waals surface area contributed by atoms with Gasteiger partial charge in [0, 0.05) is 6.42 Å². The minimum atomic E-state index is -0.531. The number of hydrogen-bond donors (Lipinski definition) is 2. The molecule has 0 aliphatic rings. The molecule has 0 aliphatic carbocycles. The summed E-state index contributed by atoms with van der Waals surface area (Å²) in [5.74, 6) is 1.34. The molecule has 0 saturated heterocycles. The Kier molecular flexibility index (Phi) is 7.97. The summed E-state index contributed by atoms with van der Waals surface area (Å²) < 4.78 is 11.2. The molecular weight excluding hydrogens is 314 g/mol. The highest BCUT2D eigenvalue weighted by molar-refractivity contribution is 5.43. The van der Waals surface area contributed by atoms with E-state index in [0.29, 0.717) is 18.0 Å². The highest BCUT2D eigenvalue weighted by Crippen LogP contribution is 2.28. The molecule has 25 heavy (non-hydrogen) atoms. The first-order valence-electron chi connectivity index (χ1n) is 8.99. The van der Waals surface area contributed by atoms with Crippen LogP contribution in [0, 0.1) is 5.41 Å². The normalized spacial score (nSPS) is 13.4. The topological polar surface area (TPSA) is 55.3 Å². The number of nitrogens with two attached hydrogens (primary N) is 1. The van der Waals surface area contributed by atoms with Gasteiger partial charge in [-0.05, 0) is 43.4 Å². The first-order chi connectivity index (χ1) is 11.6. The summed E-state index contributed by atoms with van der Waals surface area (Å²) in [6.07, 6.45) is 3.19. The summed E-state index contributed by atoms with van der Waals surface area (Å²) in [5, 5.41) is 12.5. The molecule has 0 saturated carbocycles. The summed E-state index contributed by atoms with van der Waals surface area (Å²) in [5.41, 5.74) is 1.47. The molecule has 0 unspecified atom stereocenters. The van der Waals surface area contributed by atoms with Gasteiger partial charge in [-0.2, -0.15) is 0 Å². The van der Waals surface area contributed by atoms with Crippen LogP contribution in [0.2, 0.25) is 0 Å². The zero-order valence-electron chi connectivity index (χ0n) is 16.8. The third-order valence-corrected chi connectivity index (χ3v) is 3.97. The summed E-state index contributed by atoms with van der Waals surface area (Å²) in [6.45, 7) is 15.8. The van der Waals surface area contributed by atoms with Crippen molar-refractivity contribution in [3.63, 3.8) is 0 Å². The molecule has 0 bridgehead atoms. The summed E-state index contributed by atoms with van der Waals surface area (Å²) in [6, 6.07) is 5.82. The first kappa shape index (κ1) is 21.5. The lowest BCUT2D eigenvalue weighted by molar-refractivity contribution is -0.727. The second-order valence-corrected chi connectivity index (χ2v) is 8.61. The van der Waals surface area contributed by atoms with E-state index >= 15 is 0 Å². The van der Waals surface area contributed by atoms with Crippen LogP contribution in [0.25, 0.3) is 0 Å². The maximum absolute atomic E-state index is 10.3. The van der Waals surface area contributed by atoms with Gasteiger partial charge in [0.25, 0.3) is 0 Å².